The first kappa shape index (κ1) is 27.1. The second-order valence-corrected chi connectivity index (χ2v) is 15.0. The van der Waals surface area contributed by atoms with Crippen LogP contribution in [0.4, 0.5) is 0 Å². The van der Waals surface area contributed by atoms with Gasteiger partial charge in [-0.25, -0.2) is 0 Å². The van der Waals surface area contributed by atoms with Crippen LogP contribution in [-0.2, 0) is 23.7 Å². The molecule has 220 valence electrons. The van der Waals surface area contributed by atoms with Crippen LogP contribution in [0.2, 0.25) is 0 Å². The number of fused-ring (bicyclic) bond motifs is 5. The Morgan fingerprint density at radius 2 is 1.72 bits per heavy atom. The number of carbonyl (C=O) groups excluding carboxylic acids is 1. The van der Waals surface area contributed by atoms with E-state index in [0.29, 0.717) is 30.1 Å². The third kappa shape index (κ3) is 3.67. The minimum atomic E-state index is -0.891. The molecule has 8 heteroatoms. The summed E-state index contributed by atoms with van der Waals surface area (Å²) in [4.78, 5) is 14.1. The summed E-state index contributed by atoms with van der Waals surface area (Å²) in [5.74, 6) is 2.40. The third-order valence-electron chi connectivity index (χ3n) is 13.4. The van der Waals surface area contributed by atoms with E-state index in [1.54, 1.807) is 0 Å². The van der Waals surface area contributed by atoms with Gasteiger partial charge in [0.2, 0.25) is 6.29 Å². The van der Waals surface area contributed by atoms with Crippen LogP contribution in [0.25, 0.3) is 0 Å². The zero-order valence-electron chi connectivity index (χ0n) is 24.4. The molecule has 4 saturated carbocycles. The van der Waals surface area contributed by atoms with Gasteiger partial charge in [-0.1, -0.05) is 13.8 Å². The first-order valence-electron chi connectivity index (χ1n) is 15.7. The molecule has 0 aromatic carbocycles. The summed E-state index contributed by atoms with van der Waals surface area (Å²) in [6.07, 6.45) is 7.60. The summed E-state index contributed by atoms with van der Waals surface area (Å²) in [5, 5.41) is 21.6. The molecule has 0 aromatic rings. The predicted octanol–water partition coefficient (Wildman–Crippen LogP) is 3.47. The molecule has 7 rings (SSSR count). The Hall–Kier alpha value is -0.770. The molecule has 0 spiro atoms. The van der Waals surface area contributed by atoms with Crippen molar-refractivity contribution in [1.82, 2.24) is 4.90 Å². The summed E-state index contributed by atoms with van der Waals surface area (Å²) in [6.45, 7) is 6.87. The highest BCUT2D eigenvalue weighted by atomic mass is 16.7. The SMILES string of the molecule is C[C@@H]1O[C@@H](O[C@H]2CC[C@@]3(C)[C@H](CC[C@@H]4[C@@H]3CC[C@]3(C)[C@@H]5CCC43O[C@H]3OC(=O)C[C@@H]35)C2)[C@H](O)[C@@H](N(C)C)[C@H]1O. The Morgan fingerprint density at radius 1 is 0.949 bits per heavy atom. The normalized spacial score (nSPS) is 58.3. The van der Waals surface area contributed by atoms with Crippen molar-refractivity contribution in [3.8, 4) is 0 Å². The topological polar surface area (TPSA) is 97.7 Å². The van der Waals surface area contributed by atoms with Crippen LogP contribution in [0.3, 0.4) is 0 Å². The molecule has 2 N–H and O–H groups in total. The number of rotatable bonds is 3. The maximum absolute atomic E-state index is 12.2. The van der Waals surface area contributed by atoms with Crippen LogP contribution in [-0.4, -0.2) is 83.8 Å². The smallest absolute Gasteiger partial charge is 0.308 e. The average Bonchev–Trinajstić information content (AvgIpc) is 3.33. The quantitative estimate of drug-likeness (QED) is 0.410. The molecular weight excluding hydrogens is 498 g/mol. The molecule has 4 aliphatic carbocycles. The minimum Gasteiger partial charge on any atom is -0.435 e. The molecule has 7 aliphatic rings. The Morgan fingerprint density at radius 3 is 2.49 bits per heavy atom. The lowest BCUT2D eigenvalue weighted by Gasteiger charge is -2.67. The van der Waals surface area contributed by atoms with E-state index in [0.717, 1.165) is 25.7 Å². The van der Waals surface area contributed by atoms with Gasteiger partial charge < -0.3 is 34.1 Å². The van der Waals surface area contributed by atoms with Gasteiger partial charge in [-0.3, -0.25) is 4.79 Å². The van der Waals surface area contributed by atoms with Crippen molar-refractivity contribution in [1.29, 1.82) is 0 Å². The number of carbonyl (C=O) groups is 1. The highest BCUT2D eigenvalue weighted by Gasteiger charge is 2.74. The van der Waals surface area contributed by atoms with E-state index in [1.165, 1.54) is 32.1 Å². The number of nitrogens with zero attached hydrogens (tertiary/aromatic N) is 1. The van der Waals surface area contributed by atoms with Crippen LogP contribution >= 0.6 is 0 Å². The van der Waals surface area contributed by atoms with Crippen LogP contribution < -0.4 is 0 Å². The Kier molecular flexibility index (Phi) is 6.33. The number of aliphatic hydroxyl groups is 2. The fraction of sp³-hybridized carbons (Fsp3) is 0.968. The van der Waals surface area contributed by atoms with Crippen molar-refractivity contribution >= 4 is 5.97 Å². The standard InChI is InChI=1S/C31H49NO7/c1-16-25(34)24(32(4)5)26(35)28(36-16)37-18-8-11-29(2)17(14-18)6-7-22-21(29)9-12-30(3)20-10-13-31(22,30)39-27-19(20)15-23(33)38-27/h16-22,24-28,34-35H,6-15H2,1-5H3/t16-,17+,18-,19+,20+,21-,22+,24-,25-,26+,27+,28-,29-,30+,31?/m0/s1. The summed E-state index contributed by atoms with van der Waals surface area (Å²) in [5.41, 5.74) is 0.225. The molecule has 2 bridgehead atoms. The van der Waals surface area contributed by atoms with Crippen molar-refractivity contribution in [2.45, 2.75) is 134 Å². The number of aliphatic hydroxyl groups excluding tert-OH is 2. The molecule has 1 unspecified atom stereocenters. The van der Waals surface area contributed by atoms with Gasteiger partial charge in [-0.05, 0) is 108 Å². The van der Waals surface area contributed by atoms with Gasteiger partial charge >= 0.3 is 5.97 Å². The van der Waals surface area contributed by atoms with Crippen molar-refractivity contribution in [3.05, 3.63) is 0 Å². The zero-order valence-corrected chi connectivity index (χ0v) is 24.4. The Labute approximate surface area is 233 Å². The minimum absolute atomic E-state index is 0.0528. The third-order valence-corrected chi connectivity index (χ3v) is 13.4. The first-order valence-corrected chi connectivity index (χ1v) is 15.7. The molecule has 39 heavy (non-hydrogen) atoms. The molecule has 3 heterocycles. The van der Waals surface area contributed by atoms with E-state index in [4.69, 9.17) is 18.9 Å². The molecule has 0 aromatic heterocycles. The largest absolute Gasteiger partial charge is 0.435 e. The fourth-order valence-electron chi connectivity index (χ4n) is 11.4. The van der Waals surface area contributed by atoms with E-state index in [2.05, 4.69) is 13.8 Å². The zero-order chi connectivity index (χ0) is 27.5. The molecule has 0 amide bonds. The van der Waals surface area contributed by atoms with Crippen molar-refractivity contribution < 1.29 is 34.0 Å². The van der Waals surface area contributed by atoms with Crippen LogP contribution in [0, 0.1) is 40.4 Å². The lowest BCUT2D eigenvalue weighted by Crippen LogP contribution is -2.67. The number of likely N-dealkylation sites (N-methyl/N-ethyl adjacent to an activating group) is 1. The highest BCUT2D eigenvalue weighted by molar-refractivity contribution is 5.72. The number of esters is 1. The number of ether oxygens (including phenoxy) is 4. The summed E-state index contributed by atoms with van der Waals surface area (Å²) >= 11 is 0. The molecule has 7 fully saturated rings. The van der Waals surface area contributed by atoms with Gasteiger partial charge in [-0.15, -0.1) is 0 Å². The lowest BCUT2D eigenvalue weighted by atomic mass is 9.42. The van der Waals surface area contributed by atoms with E-state index >= 15 is 0 Å². The maximum Gasteiger partial charge on any atom is 0.308 e. The van der Waals surface area contributed by atoms with Crippen LogP contribution in [0.15, 0.2) is 0 Å². The molecule has 3 saturated heterocycles. The molecule has 0 radical (unpaired) electrons. The fourth-order valence-corrected chi connectivity index (χ4v) is 11.4. The first-order chi connectivity index (χ1) is 18.5. The van der Waals surface area contributed by atoms with Gasteiger partial charge in [-0.2, -0.15) is 0 Å². The second-order valence-electron chi connectivity index (χ2n) is 15.0. The molecular formula is C31H49NO7. The van der Waals surface area contributed by atoms with E-state index in [-0.39, 0.29) is 40.7 Å². The summed E-state index contributed by atoms with van der Waals surface area (Å²) in [7, 11) is 3.76. The average molecular weight is 548 g/mol. The Bertz CT molecular complexity index is 992. The summed E-state index contributed by atoms with van der Waals surface area (Å²) in [6, 6.07) is -0.414. The van der Waals surface area contributed by atoms with Gasteiger partial charge in [0, 0.05) is 11.3 Å². The van der Waals surface area contributed by atoms with Gasteiger partial charge in [0.05, 0.1) is 36.4 Å². The van der Waals surface area contributed by atoms with Gasteiger partial charge in [0.25, 0.3) is 0 Å². The predicted molar refractivity (Wildman–Crippen MR) is 142 cm³/mol. The van der Waals surface area contributed by atoms with Gasteiger partial charge in [0.15, 0.2) is 6.29 Å². The highest BCUT2D eigenvalue weighted by Crippen LogP contribution is 2.74. The monoisotopic (exact) mass is 547 g/mol. The van der Waals surface area contributed by atoms with Crippen molar-refractivity contribution in [2.75, 3.05) is 14.1 Å². The van der Waals surface area contributed by atoms with E-state index < -0.39 is 30.6 Å². The number of hydrogen-bond acceptors (Lipinski definition) is 8. The van der Waals surface area contributed by atoms with Crippen LogP contribution in [0.1, 0.15) is 85.0 Å². The van der Waals surface area contributed by atoms with E-state index in [9.17, 15) is 15.0 Å². The molecule has 3 aliphatic heterocycles. The van der Waals surface area contributed by atoms with Crippen molar-refractivity contribution in [3.63, 3.8) is 0 Å². The van der Waals surface area contributed by atoms with Gasteiger partial charge in [0.1, 0.15) is 6.10 Å². The molecule has 15 atom stereocenters. The van der Waals surface area contributed by atoms with Crippen molar-refractivity contribution in [2.24, 2.45) is 40.4 Å². The Balaban J connectivity index is 1.08. The lowest BCUT2D eigenvalue weighted by molar-refractivity contribution is -0.325. The summed E-state index contributed by atoms with van der Waals surface area (Å²) < 4.78 is 25.2. The second kappa shape index (κ2) is 9.11. The van der Waals surface area contributed by atoms with Crippen LogP contribution in [0.5, 0.6) is 0 Å². The maximum atomic E-state index is 12.2. The molecule has 8 nitrogen and oxygen atoms in total. The van der Waals surface area contributed by atoms with E-state index in [1.807, 2.05) is 25.9 Å². The number of hydrogen-bond donors (Lipinski definition) is 2.